The van der Waals surface area contributed by atoms with Crippen molar-refractivity contribution in [1.82, 2.24) is 5.32 Å². The van der Waals surface area contributed by atoms with Crippen LogP contribution in [0, 0.1) is 0 Å². The van der Waals surface area contributed by atoms with Crippen LogP contribution in [0.1, 0.15) is 36.5 Å². The van der Waals surface area contributed by atoms with Gasteiger partial charge < -0.3 is 15.2 Å². The van der Waals surface area contributed by atoms with Crippen LogP contribution < -0.4 is 15.4 Å². The number of phenols is 1. The highest BCUT2D eigenvalue weighted by atomic mass is 32.1. The van der Waals surface area contributed by atoms with E-state index in [-0.39, 0.29) is 16.8 Å². The van der Waals surface area contributed by atoms with Crippen molar-refractivity contribution in [2.45, 2.75) is 26.2 Å². The molecule has 0 aliphatic carbocycles. The molecule has 5 nitrogen and oxygen atoms in total. The first-order valence-corrected chi connectivity index (χ1v) is 8.64. The zero-order valence-electron chi connectivity index (χ0n) is 14.1. The summed E-state index contributed by atoms with van der Waals surface area (Å²) >= 11 is 5.16. The number of anilines is 1. The standard InChI is InChI=1S/C19H22N2O3S/c1-2-3-6-12-24-17-11-5-4-10-16(17)18(23)21-19(25)20-14-8-7-9-15(22)13-14/h4-5,7-11,13,22H,2-3,6,12H2,1H3,(H2,20,21,23,25). The van der Waals surface area contributed by atoms with Crippen molar-refractivity contribution in [3.63, 3.8) is 0 Å². The predicted molar refractivity (Wildman–Crippen MR) is 103 cm³/mol. The maximum absolute atomic E-state index is 12.5. The minimum atomic E-state index is -0.344. The van der Waals surface area contributed by atoms with E-state index in [9.17, 15) is 9.90 Å². The Kier molecular flexibility index (Phi) is 7.22. The van der Waals surface area contributed by atoms with Crippen molar-refractivity contribution in [2.75, 3.05) is 11.9 Å². The third kappa shape index (κ3) is 6.08. The summed E-state index contributed by atoms with van der Waals surface area (Å²) in [6, 6.07) is 13.6. The van der Waals surface area contributed by atoms with Gasteiger partial charge in [-0.2, -0.15) is 0 Å². The van der Waals surface area contributed by atoms with Crippen molar-refractivity contribution < 1.29 is 14.6 Å². The number of thiocarbonyl (C=S) groups is 1. The molecule has 0 aromatic heterocycles. The van der Waals surface area contributed by atoms with Crippen LogP contribution in [-0.4, -0.2) is 22.7 Å². The summed E-state index contributed by atoms with van der Waals surface area (Å²) in [5.74, 6) is 0.310. The number of nitrogens with one attached hydrogen (secondary N) is 2. The number of carbonyl (C=O) groups is 1. The number of amides is 1. The molecule has 25 heavy (non-hydrogen) atoms. The lowest BCUT2D eigenvalue weighted by Crippen LogP contribution is -2.34. The van der Waals surface area contributed by atoms with Gasteiger partial charge in [-0.1, -0.05) is 38.0 Å². The lowest BCUT2D eigenvalue weighted by Gasteiger charge is -2.13. The second-order valence-electron chi connectivity index (χ2n) is 5.51. The number of hydrogen-bond donors (Lipinski definition) is 3. The van der Waals surface area contributed by atoms with E-state index in [0.717, 1.165) is 19.3 Å². The van der Waals surface area contributed by atoms with Crippen molar-refractivity contribution in [2.24, 2.45) is 0 Å². The molecule has 0 fully saturated rings. The SMILES string of the molecule is CCCCCOc1ccccc1C(=O)NC(=S)Nc1cccc(O)c1. The van der Waals surface area contributed by atoms with Crippen molar-refractivity contribution >= 4 is 28.9 Å². The Hall–Kier alpha value is -2.60. The van der Waals surface area contributed by atoms with E-state index in [2.05, 4.69) is 17.6 Å². The molecule has 0 heterocycles. The molecule has 6 heteroatoms. The molecule has 1 amide bonds. The highest BCUT2D eigenvalue weighted by Crippen LogP contribution is 2.19. The average Bonchev–Trinajstić information content (AvgIpc) is 2.59. The van der Waals surface area contributed by atoms with Gasteiger partial charge in [0.05, 0.1) is 12.2 Å². The summed E-state index contributed by atoms with van der Waals surface area (Å²) < 4.78 is 5.72. The third-order valence-electron chi connectivity index (χ3n) is 3.47. The number of para-hydroxylation sites is 1. The zero-order valence-corrected chi connectivity index (χ0v) is 14.9. The van der Waals surface area contributed by atoms with Gasteiger partial charge in [0, 0.05) is 11.8 Å². The van der Waals surface area contributed by atoms with Gasteiger partial charge in [-0.15, -0.1) is 0 Å². The normalized spacial score (nSPS) is 10.1. The molecule has 3 N–H and O–H groups in total. The lowest BCUT2D eigenvalue weighted by atomic mass is 10.2. The fourth-order valence-corrected chi connectivity index (χ4v) is 2.44. The number of aromatic hydroxyl groups is 1. The molecule has 0 bridgehead atoms. The van der Waals surface area contributed by atoms with Gasteiger partial charge in [-0.25, -0.2) is 0 Å². The quantitative estimate of drug-likeness (QED) is 0.514. The monoisotopic (exact) mass is 358 g/mol. The van der Waals surface area contributed by atoms with E-state index < -0.39 is 0 Å². The molecule has 2 rings (SSSR count). The number of phenolic OH excluding ortho intramolecular Hbond substituents is 1. The molecule has 0 spiro atoms. The summed E-state index contributed by atoms with van der Waals surface area (Å²) in [6.07, 6.45) is 3.15. The second-order valence-corrected chi connectivity index (χ2v) is 5.92. The van der Waals surface area contributed by atoms with Crippen LogP contribution in [0.4, 0.5) is 5.69 Å². The van der Waals surface area contributed by atoms with Gasteiger partial charge >= 0.3 is 0 Å². The van der Waals surface area contributed by atoms with E-state index in [1.807, 2.05) is 6.07 Å². The summed E-state index contributed by atoms with van der Waals surface area (Å²) in [5, 5.41) is 15.1. The van der Waals surface area contributed by atoms with Gasteiger partial charge in [0.15, 0.2) is 5.11 Å². The van der Waals surface area contributed by atoms with Gasteiger partial charge in [-0.3, -0.25) is 10.1 Å². The minimum absolute atomic E-state index is 0.116. The maximum atomic E-state index is 12.5. The molecular formula is C19H22N2O3S. The molecular weight excluding hydrogens is 336 g/mol. The molecule has 0 saturated heterocycles. The predicted octanol–water partition coefficient (Wildman–Crippen LogP) is 4.09. The van der Waals surface area contributed by atoms with Crippen molar-refractivity contribution in [1.29, 1.82) is 0 Å². The molecule has 132 valence electrons. The average molecular weight is 358 g/mol. The molecule has 0 radical (unpaired) electrons. The lowest BCUT2D eigenvalue weighted by molar-refractivity contribution is 0.0973. The van der Waals surface area contributed by atoms with E-state index in [0.29, 0.717) is 23.6 Å². The van der Waals surface area contributed by atoms with Crippen LogP contribution in [-0.2, 0) is 0 Å². The van der Waals surface area contributed by atoms with E-state index in [1.54, 1.807) is 36.4 Å². The first-order valence-electron chi connectivity index (χ1n) is 8.23. The maximum Gasteiger partial charge on any atom is 0.261 e. The van der Waals surface area contributed by atoms with Gasteiger partial charge in [0.2, 0.25) is 0 Å². The molecule has 2 aromatic carbocycles. The zero-order chi connectivity index (χ0) is 18.1. The first-order chi connectivity index (χ1) is 12.1. The number of benzene rings is 2. The number of carbonyl (C=O) groups excluding carboxylic acids is 1. The Morgan fingerprint density at radius 2 is 1.96 bits per heavy atom. The van der Waals surface area contributed by atoms with E-state index in [1.165, 1.54) is 6.07 Å². The number of rotatable bonds is 7. The van der Waals surface area contributed by atoms with Crippen LogP contribution in [0.3, 0.4) is 0 Å². The molecule has 0 aliphatic heterocycles. The first kappa shape index (κ1) is 18.7. The van der Waals surface area contributed by atoms with Crippen LogP contribution in [0.2, 0.25) is 0 Å². The molecule has 0 unspecified atom stereocenters. The Labute approximate surface area is 153 Å². The molecule has 2 aromatic rings. The fraction of sp³-hybridized carbons (Fsp3) is 0.263. The topological polar surface area (TPSA) is 70.6 Å². The van der Waals surface area contributed by atoms with Crippen molar-refractivity contribution in [3.8, 4) is 11.5 Å². The molecule has 0 aliphatic rings. The van der Waals surface area contributed by atoms with Crippen LogP contribution in [0.15, 0.2) is 48.5 Å². The molecule has 0 saturated carbocycles. The Balaban J connectivity index is 1.96. The van der Waals surface area contributed by atoms with Gasteiger partial charge in [0.1, 0.15) is 11.5 Å². The largest absolute Gasteiger partial charge is 0.508 e. The second kappa shape index (κ2) is 9.64. The van der Waals surface area contributed by atoms with Crippen LogP contribution in [0.5, 0.6) is 11.5 Å². The summed E-state index contributed by atoms with van der Waals surface area (Å²) in [7, 11) is 0. The van der Waals surface area contributed by atoms with Gasteiger partial charge in [-0.05, 0) is 42.9 Å². The number of unbranched alkanes of at least 4 members (excludes halogenated alkanes) is 2. The Bertz CT molecular complexity index is 734. The number of ether oxygens (including phenoxy) is 1. The highest BCUT2D eigenvalue weighted by Gasteiger charge is 2.13. The van der Waals surface area contributed by atoms with Crippen LogP contribution in [0.25, 0.3) is 0 Å². The van der Waals surface area contributed by atoms with Crippen LogP contribution >= 0.6 is 12.2 Å². The summed E-state index contributed by atoms with van der Waals surface area (Å²) in [5.41, 5.74) is 1.02. The van der Waals surface area contributed by atoms with E-state index >= 15 is 0 Å². The van der Waals surface area contributed by atoms with E-state index in [4.69, 9.17) is 17.0 Å². The fourth-order valence-electron chi connectivity index (χ4n) is 2.23. The van der Waals surface area contributed by atoms with Crippen molar-refractivity contribution in [3.05, 3.63) is 54.1 Å². The third-order valence-corrected chi connectivity index (χ3v) is 3.67. The summed E-state index contributed by atoms with van der Waals surface area (Å²) in [6.45, 7) is 2.70. The highest BCUT2D eigenvalue weighted by molar-refractivity contribution is 7.80. The Morgan fingerprint density at radius 1 is 1.16 bits per heavy atom. The molecule has 0 atom stereocenters. The minimum Gasteiger partial charge on any atom is -0.508 e. The smallest absolute Gasteiger partial charge is 0.261 e. The Morgan fingerprint density at radius 3 is 2.72 bits per heavy atom. The van der Waals surface area contributed by atoms with Gasteiger partial charge in [0.25, 0.3) is 5.91 Å². The number of hydrogen-bond acceptors (Lipinski definition) is 4. The summed E-state index contributed by atoms with van der Waals surface area (Å²) in [4.78, 5) is 12.5.